The quantitative estimate of drug-likeness (QED) is 0.223. The molecule has 0 aromatic heterocycles. The van der Waals surface area contributed by atoms with Crippen LogP contribution in [-0.4, -0.2) is 0 Å². The average molecular weight is 473 g/mol. The second kappa shape index (κ2) is 11.1. The van der Waals surface area contributed by atoms with E-state index in [2.05, 4.69) is 110 Å². The lowest BCUT2D eigenvalue weighted by Gasteiger charge is -2.08. The smallest absolute Gasteiger partial charge is 0.127 e. The van der Waals surface area contributed by atoms with Gasteiger partial charge in [-0.1, -0.05) is 96.2 Å². The van der Waals surface area contributed by atoms with Gasteiger partial charge >= 0.3 is 0 Å². The summed E-state index contributed by atoms with van der Waals surface area (Å²) in [4.78, 5) is 2.52. The van der Waals surface area contributed by atoms with Crippen molar-refractivity contribution in [3.05, 3.63) is 155 Å². The van der Waals surface area contributed by atoms with Crippen molar-refractivity contribution >= 4 is 11.8 Å². The van der Waals surface area contributed by atoms with Crippen LogP contribution in [0, 0.1) is 6.92 Å². The second-order valence-electron chi connectivity index (χ2n) is 8.79. The van der Waals surface area contributed by atoms with Crippen molar-refractivity contribution in [2.24, 2.45) is 0 Å². The van der Waals surface area contributed by atoms with Gasteiger partial charge in [-0.15, -0.1) is 0 Å². The molecule has 0 aliphatic carbocycles. The van der Waals surface area contributed by atoms with Crippen LogP contribution >= 0.6 is 11.8 Å². The molecule has 0 unspecified atom stereocenters. The minimum atomic E-state index is 0.860. The normalized spacial score (nSPS) is 10.8. The standard InChI is InChI=1S/C33H28OS/c1-25-7-15-30(16-8-25)34-31-17-9-27(10-18-31)24-29-13-21-33(22-14-29)35-32-19-11-28(12-20-32)23-26-5-3-2-4-6-26/h2-22H,23-24H2,1H3. The van der Waals surface area contributed by atoms with E-state index < -0.39 is 0 Å². The molecule has 0 saturated heterocycles. The summed E-state index contributed by atoms with van der Waals surface area (Å²) in [5.74, 6) is 1.72. The summed E-state index contributed by atoms with van der Waals surface area (Å²) in [5, 5.41) is 0. The number of aryl methyl sites for hydroxylation is 1. The molecule has 0 radical (unpaired) electrons. The van der Waals surface area contributed by atoms with E-state index in [4.69, 9.17) is 4.74 Å². The first-order valence-corrected chi connectivity index (χ1v) is 12.7. The lowest BCUT2D eigenvalue weighted by atomic mass is 10.1. The Morgan fingerprint density at radius 1 is 0.457 bits per heavy atom. The first-order chi connectivity index (χ1) is 17.2. The van der Waals surface area contributed by atoms with Gasteiger partial charge in [0.15, 0.2) is 0 Å². The molecule has 2 heteroatoms. The molecule has 5 aromatic rings. The topological polar surface area (TPSA) is 9.23 Å². The third kappa shape index (κ3) is 6.65. The third-order valence-corrected chi connectivity index (χ3v) is 6.94. The molecular formula is C33H28OS. The SMILES string of the molecule is Cc1ccc(Oc2ccc(Cc3ccc(Sc4ccc(Cc5ccccc5)cc4)cc3)cc2)cc1. The lowest BCUT2D eigenvalue weighted by Crippen LogP contribution is -1.89. The van der Waals surface area contributed by atoms with Crippen LogP contribution in [0.15, 0.2) is 137 Å². The van der Waals surface area contributed by atoms with Crippen molar-refractivity contribution in [2.75, 3.05) is 0 Å². The fraction of sp³-hybridized carbons (Fsp3) is 0.0909. The Morgan fingerprint density at radius 3 is 1.34 bits per heavy atom. The van der Waals surface area contributed by atoms with E-state index in [0.717, 1.165) is 24.3 Å². The zero-order valence-electron chi connectivity index (χ0n) is 19.9. The number of hydrogen-bond donors (Lipinski definition) is 0. The van der Waals surface area contributed by atoms with Gasteiger partial charge in [-0.25, -0.2) is 0 Å². The van der Waals surface area contributed by atoms with E-state index in [1.165, 1.54) is 37.6 Å². The van der Waals surface area contributed by atoms with Crippen LogP contribution in [0.5, 0.6) is 11.5 Å². The molecule has 1 nitrogen and oxygen atoms in total. The van der Waals surface area contributed by atoms with E-state index >= 15 is 0 Å². The van der Waals surface area contributed by atoms with Gasteiger partial charge < -0.3 is 4.74 Å². The van der Waals surface area contributed by atoms with Crippen LogP contribution in [0.25, 0.3) is 0 Å². The molecule has 0 atom stereocenters. The monoisotopic (exact) mass is 472 g/mol. The maximum atomic E-state index is 5.95. The summed E-state index contributed by atoms with van der Waals surface area (Å²) in [7, 11) is 0. The van der Waals surface area contributed by atoms with Crippen LogP contribution in [0.1, 0.15) is 27.8 Å². The van der Waals surface area contributed by atoms with Crippen molar-refractivity contribution in [2.45, 2.75) is 29.6 Å². The Morgan fingerprint density at radius 2 is 0.857 bits per heavy atom. The first-order valence-electron chi connectivity index (χ1n) is 11.9. The zero-order valence-corrected chi connectivity index (χ0v) is 20.7. The minimum Gasteiger partial charge on any atom is -0.457 e. The summed E-state index contributed by atoms with van der Waals surface area (Å²) >= 11 is 1.80. The minimum absolute atomic E-state index is 0.860. The Bertz CT molecular complexity index is 1340. The highest BCUT2D eigenvalue weighted by atomic mass is 32.2. The third-order valence-electron chi connectivity index (χ3n) is 5.92. The van der Waals surface area contributed by atoms with E-state index in [0.29, 0.717) is 0 Å². The Labute approximate surface area is 212 Å². The highest BCUT2D eigenvalue weighted by Crippen LogP contribution is 2.29. The molecule has 0 aliphatic rings. The molecular weight excluding hydrogens is 444 g/mol. The second-order valence-corrected chi connectivity index (χ2v) is 9.94. The first kappa shape index (κ1) is 23.0. The molecule has 0 bridgehead atoms. The van der Waals surface area contributed by atoms with Gasteiger partial charge in [-0.3, -0.25) is 0 Å². The van der Waals surface area contributed by atoms with Crippen molar-refractivity contribution in [1.82, 2.24) is 0 Å². The highest BCUT2D eigenvalue weighted by Gasteiger charge is 2.03. The molecule has 0 amide bonds. The summed E-state index contributed by atoms with van der Waals surface area (Å²) in [6, 6.07) is 44.9. The Balaban J connectivity index is 1.15. The van der Waals surface area contributed by atoms with E-state index in [1.54, 1.807) is 11.8 Å². The number of hydrogen-bond acceptors (Lipinski definition) is 2. The van der Waals surface area contributed by atoms with Crippen LogP contribution in [-0.2, 0) is 12.8 Å². The van der Waals surface area contributed by atoms with Crippen molar-refractivity contribution in [3.8, 4) is 11.5 Å². The van der Waals surface area contributed by atoms with Crippen molar-refractivity contribution in [1.29, 1.82) is 0 Å². The molecule has 172 valence electrons. The highest BCUT2D eigenvalue weighted by molar-refractivity contribution is 7.99. The Kier molecular flexibility index (Phi) is 7.31. The Hall–Kier alpha value is -3.75. The van der Waals surface area contributed by atoms with Gasteiger partial charge in [0.1, 0.15) is 11.5 Å². The van der Waals surface area contributed by atoms with Gasteiger partial charge in [-0.2, -0.15) is 0 Å². The number of ether oxygens (including phenoxy) is 1. The molecule has 35 heavy (non-hydrogen) atoms. The molecule has 0 fully saturated rings. The molecule has 5 rings (SSSR count). The lowest BCUT2D eigenvalue weighted by molar-refractivity contribution is 0.482. The molecule has 0 saturated carbocycles. The fourth-order valence-corrected chi connectivity index (χ4v) is 4.79. The number of benzene rings is 5. The molecule has 5 aromatic carbocycles. The molecule has 0 spiro atoms. The largest absolute Gasteiger partial charge is 0.457 e. The average Bonchev–Trinajstić information content (AvgIpc) is 2.89. The van der Waals surface area contributed by atoms with Gasteiger partial charge in [0.2, 0.25) is 0 Å². The van der Waals surface area contributed by atoms with Gasteiger partial charge in [0, 0.05) is 9.79 Å². The van der Waals surface area contributed by atoms with Crippen LogP contribution in [0.2, 0.25) is 0 Å². The van der Waals surface area contributed by atoms with Gasteiger partial charge in [0.25, 0.3) is 0 Å². The number of rotatable bonds is 8. The zero-order chi connectivity index (χ0) is 23.9. The van der Waals surface area contributed by atoms with Gasteiger partial charge in [-0.05, 0) is 90.6 Å². The van der Waals surface area contributed by atoms with Crippen LogP contribution < -0.4 is 4.74 Å². The predicted molar refractivity (Wildman–Crippen MR) is 147 cm³/mol. The van der Waals surface area contributed by atoms with E-state index in [-0.39, 0.29) is 0 Å². The summed E-state index contributed by atoms with van der Waals surface area (Å²) in [5.41, 5.74) is 6.49. The van der Waals surface area contributed by atoms with Crippen LogP contribution in [0.4, 0.5) is 0 Å². The predicted octanol–water partition coefficient (Wildman–Crippen LogP) is 9.12. The summed E-state index contributed by atoms with van der Waals surface area (Å²) in [6.45, 7) is 2.08. The van der Waals surface area contributed by atoms with E-state index in [9.17, 15) is 0 Å². The molecule has 0 aliphatic heterocycles. The summed E-state index contributed by atoms with van der Waals surface area (Å²) < 4.78 is 5.95. The summed E-state index contributed by atoms with van der Waals surface area (Å²) in [6.07, 6.45) is 1.88. The fourth-order valence-electron chi connectivity index (χ4n) is 3.97. The van der Waals surface area contributed by atoms with E-state index in [1.807, 2.05) is 24.3 Å². The van der Waals surface area contributed by atoms with Crippen molar-refractivity contribution in [3.63, 3.8) is 0 Å². The van der Waals surface area contributed by atoms with Crippen LogP contribution in [0.3, 0.4) is 0 Å². The molecule has 0 heterocycles. The van der Waals surface area contributed by atoms with Gasteiger partial charge in [0.05, 0.1) is 0 Å². The van der Waals surface area contributed by atoms with Crippen molar-refractivity contribution < 1.29 is 4.74 Å². The maximum absolute atomic E-state index is 5.95. The maximum Gasteiger partial charge on any atom is 0.127 e. The molecule has 0 N–H and O–H groups in total.